The summed E-state index contributed by atoms with van der Waals surface area (Å²) in [6, 6.07) is 38.8. The molecule has 33 heavy (non-hydrogen) atoms. The quantitative estimate of drug-likeness (QED) is 0.255. The monoisotopic (exact) mass is 493 g/mol. The van der Waals surface area contributed by atoms with Gasteiger partial charge in [0.25, 0.3) is 0 Å². The lowest BCUT2D eigenvalue weighted by atomic mass is 9.99. The third kappa shape index (κ3) is 4.07. The Kier molecular flexibility index (Phi) is 5.44. The van der Waals surface area contributed by atoms with E-state index in [0.29, 0.717) is 0 Å². The first-order valence-electron chi connectivity index (χ1n) is 11.2. The van der Waals surface area contributed by atoms with Crippen LogP contribution < -0.4 is 16.0 Å². The summed E-state index contributed by atoms with van der Waals surface area (Å²) in [4.78, 5) is 0. The highest BCUT2D eigenvalue weighted by Gasteiger charge is 2.30. The van der Waals surface area contributed by atoms with Crippen LogP contribution >= 0.6 is 15.9 Å². The van der Waals surface area contributed by atoms with Crippen molar-refractivity contribution < 1.29 is 0 Å². The molecule has 162 valence electrons. The first kappa shape index (κ1) is 20.6. The van der Waals surface area contributed by atoms with Crippen LogP contribution in [0.25, 0.3) is 21.5 Å². The van der Waals surface area contributed by atoms with Gasteiger partial charge in [0.1, 0.15) is 0 Å². The Morgan fingerprint density at radius 1 is 0.485 bits per heavy atom. The second-order valence-corrected chi connectivity index (χ2v) is 9.44. The SMILES string of the molecule is Brc1cccc(C2NC(c3ccc4ccccc4c3)NC(c3cccc4ccccc34)N2)c1. The molecular weight excluding hydrogens is 470 g/mol. The number of hydrogen-bond acceptors (Lipinski definition) is 3. The van der Waals surface area contributed by atoms with Gasteiger partial charge in [-0.2, -0.15) is 0 Å². The van der Waals surface area contributed by atoms with E-state index in [2.05, 4.69) is 141 Å². The summed E-state index contributed by atoms with van der Waals surface area (Å²) >= 11 is 3.64. The Bertz CT molecular complexity index is 1440. The molecule has 4 heteroatoms. The van der Waals surface area contributed by atoms with Crippen molar-refractivity contribution in [2.24, 2.45) is 0 Å². The zero-order valence-corrected chi connectivity index (χ0v) is 19.6. The predicted octanol–water partition coefficient (Wildman–Crippen LogP) is 6.93. The maximum atomic E-state index is 3.82. The van der Waals surface area contributed by atoms with Crippen LogP contribution in [0.3, 0.4) is 0 Å². The molecule has 3 unspecified atom stereocenters. The van der Waals surface area contributed by atoms with Crippen molar-refractivity contribution in [2.45, 2.75) is 18.5 Å². The number of nitrogens with one attached hydrogen (secondary N) is 3. The Morgan fingerprint density at radius 2 is 1.12 bits per heavy atom. The number of benzene rings is 5. The van der Waals surface area contributed by atoms with Gasteiger partial charge in [-0.15, -0.1) is 0 Å². The van der Waals surface area contributed by atoms with Crippen LogP contribution in [0.4, 0.5) is 0 Å². The van der Waals surface area contributed by atoms with Gasteiger partial charge in [0.05, 0.1) is 18.5 Å². The summed E-state index contributed by atoms with van der Waals surface area (Å²) < 4.78 is 1.08. The molecule has 0 saturated carbocycles. The van der Waals surface area contributed by atoms with E-state index >= 15 is 0 Å². The molecule has 1 heterocycles. The third-order valence-electron chi connectivity index (χ3n) is 6.42. The second-order valence-electron chi connectivity index (χ2n) is 8.53. The zero-order valence-electron chi connectivity index (χ0n) is 18.0. The van der Waals surface area contributed by atoms with Crippen molar-refractivity contribution in [1.82, 2.24) is 16.0 Å². The van der Waals surface area contributed by atoms with Gasteiger partial charge >= 0.3 is 0 Å². The van der Waals surface area contributed by atoms with Crippen LogP contribution in [-0.2, 0) is 0 Å². The molecule has 3 nitrogen and oxygen atoms in total. The summed E-state index contributed by atoms with van der Waals surface area (Å²) in [5, 5.41) is 16.4. The predicted molar refractivity (Wildman–Crippen MR) is 140 cm³/mol. The lowest BCUT2D eigenvalue weighted by Gasteiger charge is -2.40. The molecule has 1 aliphatic heterocycles. The van der Waals surface area contributed by atoms with Crippen LogP contribution in [0, 0.1) is 0 Å². The van der Waals surface area contributed by atoms with Gasteiger partial charge in [-0.3, -0.25) is 16.0 Å². The van der Waals surface area contributed by atoms with E-state index in [1.165, 1.54) is 38.2 Å². The largest absolute Gasteiger partial charge is 0.279 e. The van der Waals surface area contributed by atoms with Crippen molar-refractivity contribution in [2.75, 3.05) is 0 Å². The minimum absolute atomic E-state index is 0.0100. The topological polar surface area (TPSA) is 36.1 Å². The number of rotatable bonds is 3. The molecular formula is C29H24BrN3. The molecule has 6 rings (SSSR count). The van der Waals surface area contributed by atoms with Gasteiger partial charge in [0.15, 0.2) is 0 Å². The number of fused-ring (bicyclic) bond motifs is 2. The van der Waals surface area contributed by atoms with Gasteiger partial charge in [0.2, 0.25) is 0 Å². The average Bonchev–Trinajstić information content (AvgIpc) is 2.88. The van der Waals surface area contributed by atoms with Crippen LogP contribution in [0.5, 0.6) is 0 Å². The summed E-state index contributed by atoms with van der Waals surface area (Å²) in [7, 11) is 0. The van der Waals surface area contributed by atoms with Crippen molar-refractivity contribution >= 4 is 37.5 Å². The minimum atomic E-state index is -0.0159. The van der Waals surface area contributed by atoms with Crippen LogP contribution in [0.1, 0.15) is 35.2 Å². The Labute approximate surface area is 202 Å². The molecule has 5 aromatic carbocycles. The fourth-order valence-electron chi connectivity index (χ4n) is 4.78. The molecule has 1 aliphatic rings. The molecule has 1 fully saturated rings. The third-order valence-corrected chi connectivity index (χ3v) is 6.92. The molecule has 3 N–H and O–H groups in total. The van der Waals surface area contributed by atoms with E-state index < -0.39 is 0 Å². The minimum Gasteiger partial charge on any atom is -0.279 e. The average molecular weight is 494 g/mol. The Morgan fingerprint density at radius 3 is 1.94 bits per heavy atom. The summed E-state index contributed by atoms with van der Waals surface area (Å²) in [5.41, 5.74) is 3.67. The van der Waals surface area contributed by atoms with Gasteiger partial charge in [0, 0.05) is 4.47 Å². The van der Waals surface area contributed by atoms with Crippen molar-refractivity contribution in [3.8, 4) is 0 Å². The Balaban J connectivity index is 1.43. The fourth-order valence-corrected chi connectivity index (χ4v) is 5.20. The highest BCUT2D eigenvalue weighted by molar-refractivity contribution is 9.10. The van der Waals surface area contributed by atoms with E-state index in [9.17, 15) is 0 Å². The first-order chi connectivity index (χ1) is 16.2. The van der Waals surface area contributed by atoms with Crippen molar-refractivity contribution in [1.29, 1.82) is 0 Å². The second kappa shape index (κ2) is 8.73. The number of halogens is 1. The van der Waals surface area contributed by atoms with Crippen LogP contribution in [-0.4, -0.2) is 0 Å². The zero-order chi connectivity index (χ0) is 22.2. The van der Waals surface area contributed by atoms with Gasteiger partial charge in [-0.25, -0.2) is 0 Å². The highest BCUT2D eigenvalue weighted by atomic mass is 79.9. The number of hydrogen-bond donors (Lipinski definition) is 3. The normalized spacial score (nSPS) is 20.8. The molecule has 3 atom stereocenters. The molecule has 0 amide bonds. The van der Waals surface area contributed by atoms with Gasteiger partial charge < -0.3 is 0 Å². The van der Waals surface area contributed by atoms with Gasteiger partial charge in [-0.05, 0) is 56.4 Å². The lowest BCUT2D eigenvalue weighted by Crippen LogP contribution is -2.54. The lowest BCUT2D eigenvalue weighted by molar-refractivity contribution is 0.204. The van der Waals surface area contributed by atoms with Crippen molar-refractivity contribution in [3.05, 3.63) is 130 Å². The molecule has 0 aliphatic carbocycles. The van der Waals surface area contributed by atoms with E-state index in [1.807, 2.05) is 0 Å². The maximum absolute atomic E-state index is 3.82. The molecule has 5 aromatic rings. The highest BCUT2D eigenvalue weighted by Crippen LogP contribution is 2.32. The molecule has 0 spiro atoms. The fraction of sp³-hybridized carbons (Fsp3) is 0.103. The van der Waals surface area contributed by atoms with E-state index in [0.717, 1.165) is 4.47 Å². The van der Waals surface area contributed by atoms with E-state index in [4.69, 9.17) is 0 Å². The first-order valence-corrected chi connectivity index (χ1v) is 12.0. The van der Waals surface area contributed by atoms with Crippen LogP contribution in [0.15, 0.2) is 114 Å². The summed E-state index contributed by atoms with van der Waals surface area (Å²) in [5.74, 6) is 0. The summed E-state index contributed by atoms with van der Waals surface area (Å²) in [6.07, 6.45) is -0.0363. The summed E-state index contributed by atoms with van der Waals surface area (Å²) in [6.45, 7) is 0. The maximum Gasteiger partial charge on any atom is 0.0870 e. The molecule has 0 aromatic heterocycles. The van der Waals surface area contributed by atoms with E-state index in [1.54, 1.807) is 0 Å². The van der Waals surface area contributed by atoms with Crippen LogP contribution in [0.2, 0.25) is 0 Å². The Hall–Kier alpha value is -3.02. The van der Waals surface area contributed by atoms with E-state index in [-0.39, 0.29) is 18.5 Å². The smallest absolute Gasteiger partial charge is 0.0870 e. The molecule has 0 radical (unpaired) electrons. The standard InChI is InChI=1S/C29H24BrN3/c30-24-12-5-11-22(18-24)27-31-28(23-16-15-19-7-1-2-9-21(19)17-23)33-29(32-27)26-14-6-10-20-8-3-4-13-25(20)26/h1-18,27-29,31-33H. The molecule has 0 bridgehead atoms. The van der Waals surface area contributed by atoms with Crippen molar-refractivity contribution in [3.63, 3.8) is 0 Å². The van der Waals surface area contributed by atoms with Gasteiger partial charge in [-0.1, -0.05) is 107 Å². The molecule has 1 saturated heterocycles.